The molecule has 1 aliphatic heterocycles. The molecule has 34 heavy (non-hydrogen) atoms. The zero-order valence-electron chi connectivity index (χ0n) is 20.2. The minimum atomic E-state index is 0.0521. The lowest BCUT2D eigenvalue weighted by molar-refractivity contribution is -0.128. The molecule has 2 N–H and O–H groups in total. The molecule has 2 aromatic carbocycles. The molecular formula is C28H37N3O3. The van der Waals surface area contributed by atoms with Crippen LogP contribution in [0.3, 0.4) is 0 Å². The molecule has 6 heteroatoms. The number of hydrogen-bond donors (Lipinski definition) is 2. The summed E-state index contributed by atoms with van der Waals surface area (Å²) in [6.07, 6.45) is 6.41. The van der Waals surface area contributed by atoms with Crippen molar-refractivity contribution in [2.45, 2.75) is 57.0 Å². The van der Waals surface area contributed by atoms with Crippen LogP contribution >= 0.6 is 0 Å². The van der Waals surface area contributed by atoms with Crippen molar-refractivity contribution in [1.82, 2.24) is 15.5 Å². The average Bonchev–Trinajstić information content (AvgIpc) is 2.82. The summed E-state index contributed by atoms with van der Waals surface area (Å²) in [7, 11) is 1.64. The molecule has 2 fully saturated rings. The molecular weight excluding hydrogens is 426 g/mol. The van der Waals surface area contributed by atoms with E-state index in [4.69, 9.17) is 4.74 Å². The molecule has 1 atom stereocenters. The predicted molar refractivity (Wildman–Crippen MR) is 134 cm³/mol. The highest BCUT2D eigenvalue weighted by molar-refractivity contribution is 5.80. The maximum absolute atomic E-state index is 12.6. The molecule has 1 saturated carbocycles. The van der Waals surface area contributed by atoms with Crippen molar-refractivity contribution in [3.05, 3.63) is 65.7 Å². The van der Waals surface area contributed by atoms with E-state index in [2.05, 4.69) is 27.7 Å². The Bertz CT molecular complexity index is 920. The van der Waals surface area contributed by atoms with E-state index < -0.39 is 0 Å². The number of hydrogen-bond acceptors (Lipinski definition) is 4. The number of methoxy groups -OCH3 is 1. The van der Waals surface area contributed by atoms with Gasteiger partial charge in [-0.1, -0.05) is 48.9 Å². The van der Waals surface area contributed by atoms with Gasteiger partial charge in [-0.25, -0.2) is 0 Å². The van der Waals surface area contributed by atoms with Crippen LogP contribution in [-0.4, -0.2) is 49.5 Å². The van der Waals surface area contributed by atoms with Crippen LogP contribution in [0.15, 0.2) is 54.6 Å². The highest BCUT2D eigenvalue weighted by atomic mass is 16.5. The first kappa shape index (κ1) is 24.3. The fourth-order valence-electron chi connectivity index (χ4n) is 4.79. The Morgan fingerprint density at radius 1 is 1.00 bits per heavy atom. The summed E-state index contributed by atoms with van der Waals surface area (Å²) in [4.78, 5) is 27.5. The molecule has 0 aromatic heterocycles. The monoisotopic (exact) mass is 463 g/mol. The van der Waals surface area contributed by atoms with E-state index in [0.717, 1.165) is 63.1 Å². The smallest absolute Gasteiger partial charge is 0.224 e. The van der Waals surface area contributed by atoms with Crippen molar-refractivity contribution in [3.8, 4) is 5.75 Å². The third-order valence-electron chi connectivity index (χ3n) is 7.20. The minimum Gasteiger partial charge on any atom is -0.497 e. The lowest BCUT2D eigenvalue weighted by Crippen LogP contribution is -2.46. The maximum atomic E-state index is 12.6. The second-order valence-corrected chi connectivity index (χ2v) is 9.60. The summed E-state index contributed by atoms with van der Waals surface area (Å²) in [5.41, 5.74) is 2.17. The number of carbonyl (C=O) groups is 2. The lowest BCUT2D eigenvalue weighted by atomic mass is 9.84. The van der Waals surface area contributed by atoms with E-state index in [1.165, 1.54) is 12.0 Å². The van der Waals surface area contributed by atoms with Gasteiger partial charge in [0.15, 0.2) is 0 Å². The molecule has 0 unspecified atom stereocenters. The standard InChI is InChI=1S/C28H37N3O3/c1-34-25-12-10-21(11-13-25)20-27(32)29-24-14-17-31(18-15-24)19-16-26(22-6-3-2-4-7-22)30-28(33)23-8-5-9-23/h2-4,6-7,10-13,23-24,26H,5,8-9,14-20H2,1H3,(H,29,32)(H,30,33)/t26-/m0/s1. The van der Waals surface area contributed by atoms with Gasteiger partial charge in [-0.2, -0.15) is 0 Å². The molecule has 2 aromatic rings. The van der Waals surface area contributed by atoms with Gasteiger partial charge in [-0.05, 0) is 55.4 Å². The van der Waals surface area contributed by atoms with Crippen LogP contribution in [0.4, 0.5) is 0 Å². The Kier molecular flexibility index (Phi) is 8.58. The largest absolute Gasteiger partial charge is 0.497 e. The highest BCUT2D eigenvalue weighted by Crippen LogP contribution is 2.28. The molecule has 2 amide bonds. The second kappa shape index (κ2) is 12.0. The quantitative estimate of drug-likeness (QED) is 0.561. The Hall–Kier alpha value is -2.86. The molecule has 1 aliphatic carbocycles. The number of nitrogens with zero attached hydrogens (tertiary/aromatic N) is 1. The van der Waals surface area contributed by atoms with Gasteiger partial charge < -0.3 is 20.3 Å². The molecule has 2 aliphatic rings. The van der Waals surface area contributed by atoms with Gasteiger partial charge in [0.2, 0.25) is 11.8 Å². The summed E-state index contributed by atoms with van der Waals surface area (Å²) in [5, 5.41) is 6.51. The van der Waals surface area contributed by atoms with Crippen LogP contribution in [0.25, 0.3) is 0 Å². The minimum absolute atomic E-state index is 0.0521. The van der Waals surface area contributed by atoms with Crippen LogP contribution in [0.2, 0.25) is 0 Å². The summed E-state index contributed by atoms with van der Waals surface area (Å²) in [6, 6.07) is 18.2. The highest BCUT2D eigenvalue weighted by Gasteiger charge is 2.28. The maximum Gasteiger partial charge on any atom is 0.224 e. The molecule has 182 valence electrons. The van der Waals surface area contributed by atoms with Crippen molar-refractivity contribution in [1.29, 1.82) is 0 Å². The average molecular weight is 464 g/mol. The molecule has 1 heterocycles. The molecule has 0 bridgehead atoms. The molecule has 6 nitrogen and oxygen atoms in total. The Morgan fingerprint density at radius 2 is 1.71 bits per heavy atom. The van der Waals surface area contributed by atoms with Gasteiger partial charge in [-0.3, -0.25) is 9.59 Å². The topological polar surface area (TPSA) is 70.7 Å². The number of piperidine rings is 1. The molecule has 1 saturated heterocycles. The normalized spacial score (nSPS) is 18.0. The number of benzene rings is 2. The third kappa shape index (κ3) is 6.83. The third-order valence-corrected chi connectivity index (χ3v) is 7.20. The summed E-state index contributed by atoms with van der Waals surface area (Å²) in [6.45, 7) is 2.87. The predicted octanol–water partition coefficient (Wildman–Crippen LogP) is 3.87. The first-order chi connectivity index (χ1) is 16.6. The van der Waals surface area contributed by atoms with E-state index in [1.54, 1.807) is 7.11 Å². The SMILES string of the molecule is COc1ccc(CC(=O)NC2CCN(CC[C@H](NC(=O)C3CCC3)c3ccccc3)CC2)cc1. The van der Waals surface area contributed by atoms with Crippen molar-refractivity contribution >= 4 is 11.8 Å². The van der Waals surface area contributed by atoms with E-state index >= 15 is 0 Å². The number of nitrogens with one attached hydrogen (secondary N) is 2. The van der Waals surface area contributed by atoms with Crippen molar-refractivity contribution in [2.24, 2.45) is 5.92 Å². The Labute approximate surface area is 203 Å². The fraction of sp³-hybridized carbons (Fsp3) is 0.500. The fourth-order valence-corrected chi connectivity index (χ4v) is 4.79. The summed E-state index contributed by atoms with van der Waals surface area (Å²) < 4.78 is 5.18. The van der Waals surface area contributed by atoms with Crippen LogP contribution in [0, 0.1) is 5.92 Å². The number of carbonyl (C=O) groups excluding carboxylic acids is 2. The lowest BCUT2D eigenvalue weighted by Gasteiger charge is -2.34. The molecule has 0 radical (unpaired) electrons. The first-order valence-electron chi connectivity index (χ1n) is 12.6. The molecule has 0 spiro atoms. The molecule has 4 rings (SSSR count). The first-order valence-corrected chi connectivity index (χ1v) is 12.6. The summed E-state index contributed by atoms with van der Waals surface area (Å²) in [5.74, 6) is 1.28. The summed E-state index contributed by atoms with van der Waals surface area (Å²) >= 11 is 0. The Balaban J connectivity index is 1.21. The van der Waals surface area contributed by atoms with E-state index in [1.807, 2.05) is 42.5 Å². The number of amides is 2. The Morgan fingerprint density at radius 3 is 2.32 bits per heavy atom. The second-order valence-electron chi connectivity index (χ2n) is 9.60. The van der Waals surface area contributed by atoms with Gasteiger partial charge >= 0.3 is 0 Å². The van der Waals surface area contributed by atoms with E-state index in [0.29, 0.717) is 6.42 Å². The number of ether oxygens (including phenoxy) is 1. The van der Waals surface area contributed by atoms with Crippen LogP contribution in [0.1, 0.15) is 55.7 Å². The number of rotatable bonds is 10. The zero-order chi connectivity index (χ0) is 23.8. The van der Waals surface area contributed by atoms with Crippen molar-refractivity contribution in [2.75, 3.05) is 26.7 Å². The van der Waals surface area contributed by atoms with E-state index in [-0.39, 0.29) is 29.8 Å². The van der Waals surface area contributed by atoms with Crippen LogP contribution in [-0.2, 0) is 16.0 Å². The van der Waals surface area contributed by atoms with Gasteiger partial charge in [0, 0.05) is 31.6 Å². The van der Waals surface area contributed by atoms with Crippen molar-refractivity contribution < 1.29 is 14.3 Å². The van der Waals surface area contributed by atoms with E-state index in [9.17, 15) is 9.59 Å². The van der Waals surface area contributed by atoms with Gasteiger partial charge in [-0.15, -0.1) is 0 Å². The zero-order valence-corrected chi connectivity index (χ0v) is 20.2. The van der Waals surface area contributed by atoms with Gasteiger partial charge in [0.1, 0.15) is 5.75 Å². The van der Waals surface area contributed by atoms with Gasteiger partial charge in [0.25, 0.3) is 0 Å². The van der Waals surface area contributed by atoms with Crippen molar-refractivity contribution in [3.63, 3.8) is 0 Å². The van der Waals surface area contributed by atoms with Gasteiger partial charge in [0.05, 0.1) is 19.6 Å². The van der Waals surface area contributed by atoms with Crippen LogP contribution in [0.5, 0.6) is 5.75 Å². The number of likely N-dealkylation sites (tertiary alicyclic amines) is 1. The van der Waals surface area contributed by atoms with Crippen LogP contribution < -0.4 is 15.4 Å².